The van der Waals surface area contributed by atoms with Gasteiger partial charge in [-0.15, -0.1) is 11.3 Å². The number of fused-ring (bicyclic) bond motifs is 2. The van der Waals surface area contributed by atoms with Crippen molar-refractivity contribution >= 4 is 51.6 Å². The number of nitrogens with one attached hydrogen (secondary N) is 3. The van der Waals surface area contributed by atoms with Gasteiger partial charge in [0.1, 0.15) is 5.69 Å². The van der Waals surface area contributed by atoms with E-state index in [4.69, 9.17) is 11.6 Å². The van der Waals surface area contributed by atoms with Crippen LogP contribution in [-0.2, 0) is 17.8 Å². The molecule has 1 saturated carbocycles. The van der Waals surface area contributed by atoms with Crippen molar-refractivity contribution in [3.05, 3.63) is 50.6 Å². The SMILES string of the molecule is CN1CCc2nc(C(=O)N[C@@H]3CN(C(=O)C4CCC4)CC[C@@H]3NC(=O)c3cc4cc(Cl)ccc4[nH]3)sc2C1. The van der Waals surface area contributed by atoms with Crippen LogP contribution in [0.15, 0.2) is 24.3 Å². The average molecular weight is 555 g/mol. The Labute approximate surface area is 229 Å². The fraction of sp³-hybridized carbons (Fsp3) is 0.481. The molecule has 0 spiro atoms. The van der Waals surface area contributed by atoms with Crippen LogP contribution in [0, 0.1) is 5.92 Å². The maximum atomic E-state index is 13.3. The van der Waals surface area contributed by atoms with Gasteiger partial charge in [0, 0.05) is 59.3 Å². The van der Waals surface area contributed by atoms with E-state index in [2.05, 4.69) is 32.5 Å². The third kappa shape index (κ3) is 5.04. The lowest BCUT2D eigenvalue weighted by atomic mass is 9.83. The van der Waals surface area contributed by atoms with Crippen molar-refractivity contribution in [2.24, 2.45) is 5.92 Å². The number of carbonyl (C=O) groups excluding carboxylic acids is 3. The van der Waals surface area contributed by atoms with E-state index in [-0.39, 0.29) is 29.7 Å². The van der Waals surface area contributed by atoms with Gasteiger partial charge in [0.05, 0.1) is 17.8 Å². The summed E-state index contributed by atoms with van der Waals surface area (Å²) in [5.74, 6) is -0.276. The standard InChI is InChI=1S/C27H31ClN6O3S/c1-33-9-7-20-23(14-33)38-26(32-20)25(36)31-22-13-34(27(37)15-3-2-4-15)10-8-19(22)30-24(35)21-12-16-11-17(28)5-6-18(16)29-21/h5-6,11-12,15,19,22,29H,2-4,7-10,13-14H2,1H3,(H,30,35)(H,31,36)/t19-,22+/m0/s1. The van der Waals surface area contributed by atoms with Crippen molar-refractivity contribution < 1.29 is 14.4 Å². The Bertz CT molecular complexity index is 1400. The van der Waals surface area contributed by atoms with Crippen LogP contribution < -0.4 is 10.6 Å². The van der Waals surface area contributed by atoms with Crippen LogP contribution in [0.1, 0.15) is 56.5 Å². The van der Waals surface area contributed by atoms with Gasteiger partial charge in [0.15, 0.2) is 5.01 Å². The zero-order valence-corrected chi connectivity index (χ0v) is 22.8. The number of nitrogens with zero attached hydrogens (tertiary/aromatic N) is 3. The maximum absolute atomic E-state index is 13.3. The van der Waals surface area contributed by atoms with Crippen LogP contribution in [-0.4, -0.2) is 76.3 Å². The van der Waals surface area contributed by atoms with Crippen molar-refractivity contribution in [1.82, 2.24) is 30.4 Å². The molecule has 3 aromatic rings. The van der Waals surface area contributed by atoms with Crippen LogP contribution in [0.5, 0.6) is 0 Å². The van der Waals surface area contributed by atoms with Gasteiger partial charge in [0.25, 0.3) is 11.8 Å². The molecule has 2 fully saturated rings. The number of likely N-dealkylation sites (tertiary alicyclic amines) is 1. The van der Waals surface area contributed by atoms with Crippen LogP contribution >= 0.6 is 22.9 Å². The van der Waals surface area contributed by atoms with Gasteiger partial charge in [-0.2, -0.15) is 0 Å². The van der Waals surface area contributed by atoms with Crippen molar-refractivity contribution in [2.75, 3.05) is 26.7 Å². The van der Waals surface area contributed by atoms with Crippen molar-refractivity contribution in [3.8, 4) is 0 Å². The van der Waals surface area contributed by atoms with Gasteiger partial charge >= 0.3 is 0 Å². The molecule has 4 heterocycles. The zero-order chi connectivity index (χ0) is 26.4. The van der Waals surface area contributed by atoms with Gasteiger partial charge in [-0.3, -0.25) is 14.4 Å². The van der Waals surface area contributed by atoms with Crippen molar-refractivity contribution in [3.63, 3.8) is 0 Å². The molecular weight excluding hydrogens is 524 g/mol. The van der Waals surface area contributed by atoms with Crippen molar-refractivity contribution in [1.29, 1.82) is 0 Å². The zero-order valence-electron chi connectivity index (χ0n) is 21.3. The fourth-order valence-corrected chi connectivity index (χ4v) is 6.78. The number of benzene rings is 1. The minimum absolute atomic E-state index is 0.0818. The van der Waals surface area contributed by atoms with Gasteiger partial charge in [-0.05, 0) is 50.6 Å². The molecule has 1 aliphatic carbocycles. The lowest BCUT2D eigenvalue weighted by molar-refractivity contribution is -0.139. The fourth-order valence-electron chi connectivity index (χ4n) is 5.51. The number of piperidine rings is 1. The predicted octanol–water partition coefficient (Wildman–Crippen LogP) is 3.20. The first-order valence-corrected chi connectivity index (χ1v) is 14.4. The molecule has 2 aromatic heterocycles. The number of aromatic nitrogens is 2. The summed E-state index contributed by atoms with van der Waals surface area (Å²) < 4.78 is 0. The van der Waals surface area contributed by atoms with Gasteiger partial charge in [-0.1, -0.05) is 18.0 Å². The number of halogens is 1. The minimum atomic E-state index is -0.424. The number of thiazole rings is 1. The lowest BCUT2D eigenvalue weighted by Crippen LogP contribution is -2.62. The van der Waals surface area contributed by atoms with Crippen molar-refractivity contribution in [2.45, 2.75) is 50.7 Å². The van der Waals surface area contributed by atoms with Crippen LogP contribution in [0.4, 0.5) is 0 Å². The second-order valence-corrected chi connectivity index (χ2v) is 12.2. The summed E-state index contributed by atoms with van der Waals surface area (Å²) in [5, 5.41) is 8.12. The molecule has 3 amide bonds. The summed E-state index contributed by atoms with van der Waals surface area (Å²) in [4.78, 5) is 52.5. The number of carbonyl (C=O) groups is 3. The first-order valence-electron chi connectivity index (χ1n) is 13.2. The second-order valence-electron chi connectivity index (χ2n) is 10.7. The molecule has 1 saturated heterocycles. The van der Waals surface area contributed by atoms with Gasteiger partial charge in [-0.25, -0.2) is 4.98 Å². The number of H-pyrrole nitrogens is 1. The largest absolute Gasteiger partial charge is 0.351 e. The van der Waals surface area contributed by atoms with Crippen LogP contribution in [0.3, 0.4) is 0 Å². The molecule has 0 radical (unpaired) electrons. The molecule has 2 atom stereocenters. The second kappa shape index (κ2) is 10.3. The first-order chi connectivity index (χ1) is 18.3. The number of hydrogen-bond acceptors (Lipinski definition) is 6. The molecule has 9 nitrogen and oxygen atoms in total. The molecule has 0 unspecified atom stereocenters. The molecule has 38 heavy (non-hydrogen) atoms. The summed E-state index contributed by atoms with van der Waals surface area (Å²) in [6.45, 7) is 2.63. The van der Waals surface area contributed by atoms with Gasteiger partial charge < -0.3 is 25.4 Å². The highest BCUT2D eigenvalue weighted by Crippen LogP contribution is 2.30. The maximum Gasteiger partial charge on any atom is 0.280 e. The Morgan fingerprint density at radius 3 is 2.68 bits per heavy atom. The number of rotatable bonds is 5. The quantitative estimate of drug-likeness (QED) is 0.449. The van der Waals surface area contributed by atoms with E-state index in [1.807, 2.05) is 17.0 Å². The van der Waals surface area contributed by atoms with Crippen LogP contribution in [0.2, 0.25) is 5.02 Å². The Kier molecular flexibility index (Phi) is 6.88. The normalized spacial score (nSPS) is 22.1. The summed E-state index contributed by atoms with van der Waals surface area (Å²) in [6.07, 6.45) is 4.33. The minimum Gasteiger partial charge on any atom is -0.351 e. The third-order valence-corrected chi connectivity index (χ3v) is 9.27. The van der Waals surface area contributed by atoms with E-state index in [9.17, 15) is 14.4 Å². The summed E-state index contributed by atoms with van der Waals surface area (Å²) in [6, 6.07) is 6.45. The smallest absolute Gasteiger partial charge is 0.280 e. The monoisotopic (exact) mass is 554 g/mol. The first kappa shape index (κ1) is 25.3. The Balaban J connectivity index is 1.19. The van der Waals surface area contributed by atoms with E-state index in [1.54, 1.807) is 12.1 Å². The number of aromatic amines is 1. The Morgan fingerprint density at radius 2 is 1.89 bits per heavy atom. The van der Waals surface area contributed by atoms with Crippen LogP contribution in [0.25, 0.3) is 10.9 Å². The highest BCUT2D eigenvalue weighted by Gasteiger charge is 2.38. The molecule has 3 aliphatic rings. The van der Waals surface area contributed by atoms with E-state index >= 15 is 0 Å². The number of hydrogen-bond donors (Lipinski definition) is 3. The highest BCUT2D eigenvalue weighted by atomic mass is 35.5. The number of amides is 3. The van der Waals surface area contributed by atoms with E-state index in [0.29, 0.717) is 35.2 Å². The Hall–Kier alpha value is -2.95. The van der Waals surface area contributed by atoms with E-state index < -0.39 is 6.04 Å². The predicted molar refractivity (Wildman–Crippen MR) is 147 cm³/mol. The average Bonchev–Trinajstić information content (AvgIpc) is 3.47. The molecule has 11 heteroatoms. The highest BCUT2D eigenvalue weighted by molar-refractivity contribution is 7.13. The topological polar surface area (TPSA) is 110 Å². The van der Waals surface area contributed by atoms with E-state index in [1.165, 1.54) is 11.3 Å². The lowest BCUT2D eigenvalue weighted by Gasteiger charge is -2.41. The molecule has 3 N–H and O–H groups in total. The summed E-state index contributed by atoms with van der Waals surface area (Å²) in [7, 11) is 2.06. The molecule has 200 valence electrons. The molecule has 2 aliphatic heterocycles. The molecule has 1 aromatic carbocycles. The third-order valence-electron chi connectivity index (χ3n) is 7.96. The van der Waals surface area contributed by atoms with E-state index in [0.717, 1.165) is 60.2 Å². The van der Waals surface area contributed by atoms with Gasteiger partial charge in [0.2, 0.25) is 5.91 Å². The summed E-state index contributed by atoms with van der Waals surface area (Å²) in [5.41, 5.74) is 2.24. The molecular formula is C27H31ClN6O3S. The Morgan fingerprint density at radius 1 is 1.08 bits per heavy atom. The number of likely N-dealkylation sites (N-methyl/N-ethyl adjacent to an activating group) is 1. The summed E-state index contributed by atoms with van der Waals surface area (Å²) >= 11 is 7.53. The molecule has 6 rings (SSSR count). The molecule has 0 bridgehead atoms.